The zero-order valence-electron chi connectivity index (χ0n) is 15.0. The maximum absolute atomic E-state index is 12.7. The van der Waals surface area contributed by atoms with Gasteiger partial charge >= 0.3 is 0 Å². The van der Waals surface area contributed by atoms with Gasteiger partial charge in [0, 0.05) is 15.5 Å². The van der Waals surface area contributed by atoms with Crippen molar-refractivity contribution < 1.29 is 4.79 Å². The number of carbonyl (C=O) groups is 1. The van der Waals surface area contributed by atoms with Crippen molar-refractivity contribution in [2.75, 3.05) is 5.32 Å². The molecule has 1 amide bonds. The van der Waals surface area contributed by atoms with Gasteiger partial charge < -0.3 is 5.32 Å². The lowest BCUT2D eigenvalue weighted by molar-refractivity contribution is -0.115. The first kappa shape index (κ1) is 18.9. The van der Waals surface area contributed by atoms with Crippen molar-refractivity contribution in [2.24, 2.45) is 0 Å². The van der Waals surface area contributed by atoms with Gasteiger partial charge in [-0.15, -0.1) is 0 Å². The van der Waals surface area contributed by atoms with Crippen molar-refractivity contribution in [3.8, 4) is 0 Å². The molecule has 0 aliphatic heterocycles. The van der Waals surface area contributed by atoms with Gasteiger partial charge in [0.25, 0.3) is 0 Å². The number of fused-ring (bicyclic) bond motifs is 1. The van der Waals surface area contributed by atoms with Crippen LogP contribution in [0.5, 0.6) is 0 Å². The lowest BCUT2D eigenvalue weighted by Gasteiger charge is -2.15. The first-order valence-corrected chi connectivity index (χ1v) is 10.2. The summed E-state index contributed by atoms with van der Waals surface area (Å²) in [6, 6.07) is 15.9. The number of nitrogens with zero attached hydrogens (tertiary/aromatic N) is 1. The van der Waals surface area contributed by atoms with Crippen LogP contribution in [0.4, 0.5) is 5.69 Å². The fourth-order valence-corrected chi connectivity index (χ4v) is 4.09. The SMILES string of the molecule is CCC(Sc1cc(C)c2cccc(C)c2n1)C(=O)Nc1ccc(Br)cc1. The maximum atomic E-state index is 12.7. The number of halogens is 1. The van der Waals surface area contributed by atoms with E-state index >= 15 is 0 Å². The van der Waals surface area contributed by atoms with Gasteiger partial charge in [-0.2, -0.15) is 0 Å². The summed E-state index contributed by atoms with van der Waals surface area (Å²) >= 11 is 4.93. The normalized spacial score (nSPS) is 12.2. The Kier molecular flexibility index (Phi) is 5.99. The van der Waals surface area contributed by atoms with Gasteiger partial charge in [0.2, 0.25) is 5.91 Å². The molecule has 0 spiro atoms. The summed E-state index contributed by atoms with van der Waals surface area (Å²) in [4.78, 5) is 17.5. The molecule has 5 heteroatoms. The number of hydrogen-bond donors (Lipinski definition) is 1. The van der Waals surface area contributed by atoms with Crippen LogP contribution in [0.2, 0.25) is 0 Å². The Balaban J connectivity index is 1.81. The van der Waals surface area contributed by atoms with Gasteiger partial charge in [-0.3, -0.25) is 4.79 Å². The van der Waals surface area contributed by atoms with Crippen LogP contribution in [-0.4, -0.2) is 16.1 Å². The third-order valence-corrected chi connectivity index (χ3v) is 6.07. The Morgan fingerprint density at radius 2 is 1.88 bits per heavy atom. The second kappa shape index (κ2) is 8.23. The number of pyridine rings is 1. The number of nitrogens with one attached hydrogen (secondary N) is 1. The van der Waals surface area contributed by atoms with E-state index in [0.717, 1.165) is 32.7 Å². The van der Waals surface area contributed by atoms with Crippen LogP contribution in [0.1, 0.15) is 24.5 Å². The number of benzene rings is 2. The number of thioether (sulfide) groups is 1. The average molecular weight is 429 g/mol. The minimum atomic E-state index is -0.188. The van der Waals surface area contributed by atoms with E-state index in [9.17, 15) is 4.79 Å². The highest BCUT2D eigenvalue weighted by Crippen LogP contribution is 2.30. The van der Waals surface area contributed by atoms with Crippen LogP contribution in [-0.2, 0) is 4.79 Å². The molecule has 1 heterocycles. The van der Waals surface area contributed by atoms with Crippen molar-refractivity contribution in [2.45, 2.75) is 37.5 Å². The third-order valence-electron chi connectivity index (χ3n) is 4.26. The summed E-state index contributed by atoms with van der Waals surface area (Å²) in [5.41, 5.74) is 4.15. The second-order valence-electron chi connectivity index (χ2n) is 6.26. The predicted octanol–water partition coefficient (Wildman–Crippen LogP) is 6.12. The molecule has 3 aromatic rings. The van der Waals surface area contributed by atoms with Crippen molar-refractivity contribution in [1.29, 1.82) is 0 Å². The molecule has 0 saturated heterocycles. The number of rotatable bonds is 5. The minimum Gasteiger partial charge on any atom is -0.325 e. The fraction of sp³-hybridized carbons (Fsp3) is 0.238. The van der Waals surface area contributed by atoms with E-state index in [1.165, 1.54) is 22.7 Å². The van der Waals surface area contributed by atoms with E-state index in [4.69, 9.17) is 4.98 Å². The van der Waals surface area contributed by atoms with Gasteiger partial charge in [0.05, 0.1) is 15.8 Å². The van der Waals surface area contributed by atoms with Gasteiger partial charge in [-0.25, -0.2) is 4.98 Å². The van der Waals surface area contributed by atoms with Crippen LogP contribution in [0, 0.1) is 13.8 Å². The molecular formula is C21H21BrN2OS. The molecule has 0 bridgehead atoms. The lowest BCUT2D eigenvalue weighted by atomic mass is 10.1. The van der Waals surface area contributed by atoms with Crippen LogP contribution in [0.3, 0.4) is 0 Å². The number of hydrogen-bond acceptors (Lipinski definition) is 3. The maximum Gasteiger partial charge on any atom is 0.237 e. The minimum absolute atomic E-state index is 0.00385. The molecule has 26 heavy (non-hydrogen) atoms. The molecule has 0 fully saturated rings. The average Bonchev–Trinajstić information content (AvgIpc) is 2.62. The molecule has 1 N–H and O–H groups in total. The molecule has 3 rings (SSSR count). The van der Waals surface area contributed by atoms with Gasteiger partial charge in [-0.1, -0.05) is 52.8 Å². The number of carbonyl (C=O) groups excluding carboxylic acids is 1. The highest BCUT2D eigenvalue weighted by Gasteiger charge is 2.19. The molecule has 1 atom stereocenters. The zero-order chi connectivity index (χ0) is 18.7. The summed E-state index contributed by atoms with van der Waals surface area (Å²) in [6.45, 7) is 6.19. The van der Waals surface area contributed by atoms with E-state index in [0.29, 0.717) is 0 Å². The molecule has 1 aromatic heterocycles. The van der Waals surface area contributed by atoms with Crippen molar-refractivity contribution >= 4 is 50.2 Å². The van der Waals surface area contributed by atoms with E-state index in [2.05, 4.69) is 59.4 Å². The van der Waals surface area contributed by atoms with E-state index in [1.807, 2.05) is 31.2 Å². The van der Waals surface area contributed by atoms with E-state index in [1.54, 1.807) is 0 Å². The molecule has 0 aliphatic rings. The second-order valence-corrected chi connectivity index (χ2v) is 8.40. The molecule has 134 valence electrons. The number of para-hydroxylation sites is 1. The van der Waals surface area contributed by atoms with Crippen molar-refractivity contribution in [3.05, 3.63) is 64.1 Å². The molecule has 0 aliphatic carbocycles. The van der Waals surface area contributed by atoms with Crippen LogP contribution < -0.4 is 5.32 Å². The quantitative estimate of drug-likeness (QED) is 0.497. The number of anilines is 1. The Bertz CT molecular complexity index is 941. The number of aromatic nitrogens is 1. The highest BCUT2D eigenvalue weighted by molar-refractivity contribution is 9.10. The monoisotopic (exact) mass is 428 g/mol. The zero-order valence-corrected chi connectivity index (χ0v) is 17.4. The fourth-order valence-electron chi connectivity index (χ4n) is 2.82. The van der Waals surface area contributed by atoms with Gasteiger partial charge in [0.1, 0.15) is 0 Å². The van der Waals surface area contributed by atoms with Gasteiger partial charge in [0.15, 0.2) is 0 Å². The molecule has 0 saturated carbocycles. The van der Waals surface area contributed by atoms with Crippen LogP contribution >= 0.6 is 27.7 Å². The summed E-state index contributed by atoms with van der Waals surface area (Å²) in [5, 5.41) is 4.87. The Morgan fingerprint density at radius 3 is 2.58 bits per heavy atom. The topological polar surface area (TPSA) is 42.0 Å². The van der Waals surface area contributed by atoms with E-state index in [-0.39, 0.29) is 11.2 Å². The largest absolute Gasteiger partial charge is 0.325 e. The smallest absolute Gasteiger partial charge is 0.237 e. The molecule has 3 nitrogen and oxygen atoms in total. The van der Waals surface area contributed by atoms with Gasteiger partial charge in [-0.05, 0) is 61.7 Å². The first-order chi connectivity index (χ1) is 12.5. The number of amides is 1. The summed E-state index contributed by atoms with van der Waals surface area (Å²) in [6.07, 6.45) is 0.736. The standard InChI is InChI=1S/C21H21BrN2OS/c1-4-18(21(25)23-16-10-8-15(22)9-11-16)26-19-12-14(3)17-7-5-6-13(2)20(17)24-19/h5-12,18H,4H2,1-3H3,(H,23,25). The summed E-state index contributed by atoms with van der Waals surface area (Å²) < 4.78 is 0.989. The van der Waals surface area contributed by atoms with Crippen molar-refractivity contribution in [1.82, 2.24) is 4.98 Å². The van der Waals surface area contributed by atoms with Crippen LogP contribution in [0.15, 0.2) is 58.0 Å². The van der Waals surface area contributed by atoms with Crippen molar-refractivity contribution in [3.63, 3.8) is 0 Å². The lowest BCUT2D eigenvalue weighted by Crippen LogP contribution is -2.24. The third kappa shape index (κ3) is 4.27. The first-order valence-electron chi connectivity index (χ1n) is 8.58. The molecule has 2 aromatic carbocycles. The molecule has 1 unspecified atom stereocenters. The molecule has 0 radical (unpaired) electrons. The predicted molar refractivity (Wildman–Crippen MR) is 114 cm³/mol. The number of aryl methyl sites for hydroxylation is 2. The Hall–Kier alpha value is -1.85. The molecular weight excluding hydrogens is 408 g/mol. The highest BCUT2D eigenvalue weighted by atomic mass is 79.9. The Morgan fingerprint density at radius 1 is 1.15 bits per heavy atom. The Labute approximate surface area is 166 Å². The summed E-state index contributed by atoms with van der Waals surface area (Å²) in [7, 11) is 0. The van der Waals surface area contributed by atoms with Crippen LogP contribution in [0.25, 0.3) is 10.9 Å². The van der Waals surface area contributed by atoms with E-state index < -0.39 is 0 Å². The summed E-state index contributed by atoms with van der Waals surface area (Å²) in [5.74, 6) is 0.00385.